The average molecular weight is 419 g/mol. The number of nitrogens with zero attached hydrogens (tertiary/aromatic N) is 2. The van der Waals surface area contributed by atoms with Gasteiger partial charge in [0.15, 0.2) is 0 Å². The summed E-state index contributed by atoms with van der Waals surface area (Å²) >= 11 is 0. The van der Waals surface area contributed by atoms with E-state index in [4.69, 9.17) is 0 Å². The van der Waals surface area contributed by atoms with Crippen LogP contribution in [0.4, 0.5) is 5.69 Å². The summed E-state index contributed by atoms with van der Waals surface area (Å²) in [6.45, 7) is 2.88. The zero-order valence-electron chi connectivity index (χ0n) is 16.6. The topological polar surface area (TPSA) is 103 Å². The molecule has 0 bridgehead atoms. The van der Waals surface area contributed by atoms with E-state index in [1.165, 1.54) is 19.3 Å². The van der Waals surface area contributed by atoms with Gasteiger partial charge in [0.2, 0.25) is 15.9 Å². The number of aryl methyl sites for hydroxylation is 1. The second-order valence-electron chi connectivity index (χ2n) is 7.23. The molecule has 8 nitrogen and oxygen atoms in total. The predicted molar refractivity (Wildman–Crippen MR) is 110 cm³/mol. The minimum absolute atomic E-state index is 0.0379. The molecule has 2 aromatic rings. The highest BCUT2D eigenvalue weighted by Gasteiger charge is 2.27. The minimum Gasteiger partial charge on any atom is -0.356 e. The van der Waals surface area contributed by atoms with Gasteiger partial charge in [-0.15, -0.1) is 0 Å². The first-order valence-electron chi connectivity index (χ1n) is 9.58. The van der Waals surface area contributed by atoms with E-state index in [1.54, 1.807) is 17.0 Å². The number of carbonyl (C=O) groups is 2. The molecule has 1 aliphatic heterocycles. The van der Waals surface area contributed by atoms with Gasteiger partial charge in [-0.3, -0.25) is 9.59 Å². The van der Waals surface area contributed by atoms with E-state index in [0.29, 0.717) is 18.8 Å². The number of aromatic nitrogens is 1. The van der Waals surface area contributed by atoms with Crippen molar-refractivity contribution in [2.45, 2.75) is 31.1 Å². The Labute approximate surface area is 170 Å². The van der Waals surface area contributed by atoms with E-state index >= 15 is 0 Å². The Morgan fingerprint density at radius 1 is 1.17 bits per heavy atom. The van der Waals surface area contributed by atoms with Crippen LogP contribution < -0.4 is 5.32 Å². The summed E-state index contributed by atoms with van der Waals surface area (Å²) in [6, 6.07) is 8.60. The van der Waals surface area contributed by atoms with Crippen LogP contribution in [0.1, 0.15) is 35.3 Å². The molecule has 156 valence electrons. The molecule has 2 heterocycles. The molecule has 0 spiro atoms. The predicted octanol–water partition coefficient (Wildman–Crippen LogP) is 2.21. The van der Waals surface area contributed by atoms with Crippen LogP contribution >= 0.6 is 0 Å². The number of benzene rings is 1. The Morgan fingerprint density at radius 3 is 2.55 bits per heavy atom. The lowest BCUT2D eigenvalue weighted by Crippen LogP contribution is -2.36. The molecule has 1 aromatic heterocycles. The molecule has 2 amide bonds. The summed E-state index contributed by atoms with van der Waals surface area (Å²) in [7, 11) is -2.57. The summed E-state index contributed by atoms with van der Waals surface area (Å²) in [5.41, 5.74) is 1.76. The number of likely N-dealkylation sites (tertiary alicyclic amines) is 1. The van der Waals surface area contributed by atoms with Gasteiger partial charge in [0.25, 0.3) is 5.91 Å². The van der Waals surface area contributed by atoms with Crippen LogP contribution in [0.5, 0.6) is 0 Å². The number of anilines is 1. The number of hydrogen-bond acceptors (Lipinski definition) is 4. The number of piperidine rings is 1. The van der Waals surface area contributed by atoms with E-state index < -0.39 is 15.9 Å². The van der Waals surface area contributed by atoms with Crippen LogP contribution in [0.25, 0.3) is 0 Å². The fourth-order valence-corrected chi connectivity index (χ4v) is 4.41. The Bertz CT molecular complexity index is 993. The quantitative estimate of drug-likeness (QED) is 0.751. The van der Waals surface area contributed by atoms with Crippen molar-refractivity contribution in [3.05, 3.63) is 47.8 Å². The molecule has 2 N–H and O–H groups in total. The Kier molecular flexibility index (Phi) is 6.39. The highest BCUT2D eigenvalue weighted by Crippen LogP contribution is 2.19. The van der Waals surface area contributed by atoms with Crippen LogP contribution in [-0.4, -0.2) is 61.1 Å². The molecule has 0 saturated carbocycles. The first kappa shape index (κ1) is 21.1. The molecule has 3 rings (SSSR count). The Balaban J connectivity index is 1.66. The van der Waals surface area contributed by atoms with E-state index in [0.717, 1.165) is 29.1 Å². The van der Waals surface area contributed by atoms with Crippen molar-refractivity contribution < 1.29 is 18.0 Å². The molecule has 29 heavy (non-hydrogen) atoms. The lowest BCUT2D eigenvalue weighted by Gasteiger charge is -2.26. The van der Waals surface area contributed by atoms with Gasteiger partial charge in [0.05, 0.1) is 6.54 Å². The number of rotatable bonds is 6. The fraction of sp³-hybridized carbons (Fsp3) is 0.400. The van der Waals surface area contributed by atoms with Crippen LogP contribution in [-0.2, 0) is 14.8 Å². The third kappa shape index (κ3) is 4.86. The highest BCUT2D eigenvalue weighted by molar-refractivity contribution is 7.89. The number of H-pyrrole nitrogens is 1. The van der Waals surface area contributed by atoms with E-state index in [1.807, 2.05) is 19.1 Å². The second kappa shape index (κ2) is 8.79. The van der Waals surface area contributed by atoms with Crippen LogP contribution in [0, 0.1) is 6.92 Å². The maximum Gasteiger partial charge on any atom is 0.270 e. The monoisotopic (exact) mass is 418 g/mol. The third-order valence-corrected chi connectivity index (χ3v) is 6.80. The molecule has 9 heteroatoms. The largest absolute Gasteiger partial charge is 0.356 e. The molecule has 1 aromatic carbocycles. The molecule has 1 saturated heterocycles. The average Bonchev–Trinajstić information content (AvgIpc) is 3.21. The second-order valence-corrected chi connectivity index (χ2v) is 9.27. The van der Waals surface area contributed by atoms with Crippen LogP contribution in [0.3, 0.4) is 0 Å². The molecule has 0 atom stereocenters. The number of aromatic amines is 1. The van der Waals surface area contributed by atoms with Crippen molar-refractivity contribution in [1.82, 2.24) is 14.2 Å². The molecule has 0 aliphatic carbocycles. The summed E-state index contributed by atoms with van der Waals surface area (Å²) in [6.07, 6.45) is 4.30. The Hall–Kier alpha value is -2.65. The molecular formula is C20H26N4O4S. The zero-order valence-corrected chi connectivity index (χ0v) is 17.5. The number of likely N-dealkylation sites (N-methyl/N-ethyl adjacent to an activating group) is 1. The van der Waals surface area contributed by atoms with Crippen molar-refractivity contribution in [2.75, 3.05) is 32.0 Å². The number of amides is 2. The van der Waals surface area contributed by atoms with Gasteiger partial charge in [-0.2, -0.15) is 4.31 Å². The number of carbonyl (C=O) groups excluding carboxylic acids is 2. The van der Waals surface area contributed by atoms with E-state index in [2.05, 4.69) is 10.3 Å². The number of para-hydroxylation sites is 1. The number of sulfonamides is 1. The standard InChI is InChI=1S/C20H26N4O4S/c1-15-8-4-5-9-17(15)22-19(25)14-23(2)29(27,28)16-12-18(21-13-16)20(26)24-10-6-3-7-11-24/h4-5,8-9,12-13,21H,3,6-7,10-11,14H2,1-2H3,(H,22,25). The van der Waals surface area contributed by atoms with E-state index in [9.17, 15) is 18.0 Å². The minimum atomic E-state index is -3.91. The lowest BCUT2D eigenvalue weighted by atomic mass is 10.1. The maximum absolute atomic E-state index is 12.8. The molecular weight excluding hydrogens is 392 g/mol. The van der Waals surface area contributed by atoms with Crippen LogP contribution in [0.2, 0.25) is 0 Å². The fourth-order valence-electron chi connectivity index (χ4n) is 3.28. The SMILES string of the molecule is Cc1ccccc1NC(=O)CN(C)S(=O)(=O)c1c[nH]c(C(=O)N2CCCCC2)c1. The highest BCUT2D eigenvalue weighted by atomic mass is 32.2. The first-order chi connectivity index (χ1) is 13.8. The van der Waals surface area contributed by atoms with Crippen molar-refractivity contribution in [1.29, 1.82) is 0 Å². The molecule has 1 fully saturated rings. The van der Waals surface area contributed by atoms with Gasteiger partial charge in [-0.25, -0.2) is 8.42 Å². The van der Waals surface area contributed by atoms with Gasteiger partial charge in [0, 0.05) is 32.0 Å². The van der Waals surface area contributed by atoms with Crippen molar-refractivity contribution >= 4 is 27.5 Å². The zero-order chi connectivity index (χ0) is 21.0. The third-order valence-electron chi connectivity index (χ3n) is 5.02. The molecule has 1 aliphatic rings. The van der Waals surface area contributed by atoms with Gasteiger partial charge in [0.1, 0.15) is 10.6 Å². The van der Waals surface area contributed by atoms with Gasteiger partial charge >= 0.3 is 0 Å². The summed E-state index contributed by atoms with van der Waals surface area (Å²) < 4.78 is 26.6. The summed E-state index contributed by atoms with van der Waals surface area (Å²) in [5.74, 6) is -0.642. The number of nitrogens with one attached hydrogen (secondary N) is 2. The number of hydrogen-bond donors (Lipinski definition) is 2. The Morgan fingerprint density at radius 2 is 1.86 bits per heavy atom. The molecule has 0 radical (unpaired) electrons. The normalized spacial score (nSPS) is 14.8. The van der Waals surface area contributed by atoms with E-state index in [-0.39, 0.29) is 23.0 Å². The van der Waals surface area contributed by atoms with Crippen LogP contribution in [0.15, 0.2) is 41.4 Å². The summed E-state index contributed by atoms with van der Waals surface area (Å²) in [5, 5.41) is 2.72. The van der Waals surface area contributed by atoms with Gasteiger partial charge in [-0.1, -0.05) is 18.2 Å². The first-order valence-corrected chi connectivity index (χ1v) is 11.0. The van der Waals surface area contributed by atoms with Gasteiger partial charge < -0.3 is 15.2 Å². The van der Waals surface area contributed by atoms with Crippen molar-refractivity contribution in [2.24, 2.45) is 0 Å². The van der Waals surface area contributed by atoms with Gasteiger partial charge in [-0.05, 0) is 43.9 Å². The smallest absolute Gasteiger partial charge is 0.270 e. The lowest BCUT2D eigenvalue weighted by molar-refractivity contribution is -0.116. The summed E-state index contributed by atoms with van der Waals surface area (Å²) in [4.78, 5) is 29.3. The van der Waals surface area contributed by atoms with Crippen molar-refractivity contribution in [3.63, 3.8) is 0 Å². The van der Waals surface area contributed by atoms with Crippen molar-refractivity contribution in [3.8, 4) is 0 Å². The maximum atomic E-state index is 12.8. The molecule has 0 unspecified atom stereocenters.